The Morgan fingerprint density at radius 1 is 1.00 bits per heavy atom. The van der Waals surface area contributed by atoms with E-state index in [2.05, 4.69) is 21.4 Å². The Morgan fingerprint density at radius 3 is 2.44 bits per heavy atom. The number of nitrogens with zero attached hydrogens (tertiary/aromatic N) is 1. The summed E-state index contributed by atoms with van der Waals surface area (Å²) in [4.78, 5) is 25.4. The number of hydrogen-bond acceptors (Lipinski definition) is 4. The van der Waals surface area contributed by atoms with Crippen molar-refractivity contribution in [2.45, 2.75) is 13.5 Å². The number of ether oxygens (including phenoxy) is 2. The molecule has 0 aliphatic carbocycles. The maximum atomic E-state index is 12.9. The van der Waals surface area contributed by atoms with Crippen LogP contribution in [0.2, 0.25) is 10.0 Å². The molecular weight excluding hydrogens is 543 g/mol. The zero-order chi connectivity index (χ0) is 24.2. The lowest BCUT2D eigenvalue weighted by atomic mass is 10.1. The molecule has 2 amide bonds. The van der Waals surface area contributed by atoms with Crippen LogP contribution < -0.4 is 19.9 Å². The Labute approximate surface area is 215 Å². The van der Waals surface area contributed by atoms with E-state index >= 15 is 0 Å². The van der Waals surface area contributed by atoms with Crippen LogP contribution in [0.25, 0.3) is 6.08 Å². The van der Waals surface area contributed by atoms with Crippen molar-refractivity contribution in [3.8, 4) is 11.5 Å². The van der Waals surface area contributed by atoms with Gasteiger partial charge in [-0.3, -0.25) is 15.0 Å². The van der Waals surface area contributed by atoms with E-state index in [1.807, 2.05) is 13.0 Å². The Balaban J connectivity index is 1.61. The highest BCUT2D eigenvalue weighted by molar-refractivity contribution is 9.10. The molecule has 0 bridgehead atoms. The molecular formula is C25H19BrCl2N2O4. The largest absolute Gasteiger partial charge is 0.490 e. The summed E-state index contributed by atoms with van der Waals surface area (Å²) in [7, 11) is 0. The number of anilines is 1. The number of carbonyl (C=O) groups excluding carboxylic acids is 2. The van der Waals surface area contributed by atoms with Crippen LogP contribution in [0.4, 0.5) is 5.69 Å². The predicted molar refractivity (Wildman–Crippen MR) is 136 cm³/mol. The van der Waals surface area contributed by atoms with Crippen molar-refractivity contribution in [2.75, 3.05) is 11.6 Å². The van der Waals surface area contributed by atoms with Gasteiger partial charge in [-0.15, -0.1) is 0 Å². The van der Waals surface area contributed by atoms with Gasteiger partial charge in [0.25, 0.3) is 11.8 Å². The number of carbonyl (C=O) groups is 2. The van der Waals surface area contributed by atoms with Gasteiger partial charge >= 0.3 is 0 Å². The molecule has 9 heteroatoms. The Morgan fingerprint density at radius 2 is 1.74 bits per heavy atom. The first kappa shape index (κ1) is 24.1. The van der Waals surface area contributed by atoms with Crippen LogP contribution in [0.15, 0.2) is 70.7 Å². The van der Waals surface area contributed by atoms with Crippen molar-refractivity contribution in [1.82, 2.24) is 5.43 Å². The summed E-state index contributed by atoms with van der Waals surface area (Å²) in [6.45, 7) is 2.46. The van der Waals surface area contributed by atoms with Crippen LogP contribution >= 0.6 is 39.1 Å². The molecule has 3 aromatic carbocycles. The van der Waals surface area contributed by atoms with Crippen molar-refractivity contribution in [1.29, 1.82) is 0 Å². The van der Waals surface area contributed by atoms with E-state index in [1.165, 1.54) is 11.1 Å². The normalized spacial score (nSPS) is 14.5. The van der Waals surface area contributed by atoms with E-state index in [1.54, 1.807) is 54.6 Å². The third kappa shape index (κ3) is 5.22. The van der Waals surface area contributed by atoms with Crippen molar-refractivity contribution in [3.05, 3.63) is 91.9 Å². The number of amides is 2. The molecule has 3 aromatic rings. The number of benzene rings is 3. The minimum absolute atomic E-state index is 0.00798. The SMILES string of the molecule is CCOc1cc(/C=C2/C(=O)NN(c3ccccc3)C2=O)c(Br)cc1OCc1ccc(Cl)cc1Cl. The van der Waals surface area contributed by atoms with Crippen molar-refractivity contribution >= 4 is 62.7 Å². The summed E-state index contributed by atoms with van der Waals surface area (Å²) in [5.74, 6) is 0.0126. The highest BCUT2D eigenvalue weighted by Crippen LogP contribution is 2.36. The van der Waals surface area contributed by atoms with Crippen LogP contribution in [-0.2, 0) is 16.2 Å². The van der Waals surface area contributed by atoms with Crippen LogP contribution in [0, 0.1) is 0 Å². The highest BCUT2D eigenvalue weighted by Gasteiger charge is 2.34. The second-order valence-corrected chi connectivity index (χ2v) is 8.95. The molecule has 1 saturated heterocycles. The van der Waals surface area contributed by atoms with Crippen molar-refractivity contribution < 1.29 is 19.1 Å². The highest BCUT2D eigenvalue weighted by atomic mass is 79.9. The third-order valence-electron chi connectivity index (χ3n) is 4.97. The fraction of sp³-hybridized carbons (Fsp3) is 0.120. The summed E-state index contributed by atoms with van der Waals surface area (Å²) in [5, 5.41) is 2.26. The molecule has 0 spiro atoms. The minimum Gasteiger partial charge on any atom is -0.490 e. The Hall–Kier alpha value is -3.00. The standard InChI is InChI=1S/C25H19BrCl2N2O4/c1-2-33-22-11-16(10-19-24(31)29-30(25(19)32)18-6-4-3-5-7-18)20(26)13-23(22)34-14-15-8-9-17(27)12-21(15)28/h3-13H,2,14H2,1H3,(H,29,31)/b19-10-. The topological polar surface area (TPSA) is 67.9 Å². The van der Waals surface area contributed by atoms with Gasteiger partial charge < -0.3 is 9.47 Å². The lowest BCUT2D eigenvalue weighted by molar-refractivity contribution is -0.117. The molecule has 0 unspecified atom stereocenters. The summed E-state index contributed by atoms with van der Waals surface area (Å²) in [6, 6.07) is 17.5. The van der Waals surface area contributed by atoms with Gasteiger partial charge in [-0.2, -0.15) is 0 Å². The van der Waals surface area contributed by atoms with Crippen LogP contribution in [0.3, 0.4) is 0 Å². The molecule has 1 heterocycles. The third-order valence-corrected chi connectivity index (χ3v) is 6.24. The van der Waals surface area contributed by atoms with Crippen molar-refractivity contribution in [3.63, 3.8) is 0 Å². The number of nitrogens with one attached hydrogen (secondary N) is 1. The second kappa shape index (κ2) is 10.5. The fourth-order valence-electron chi connectivity index (χ4n) is 3.31. The Kier molecular flexibility index (Phi) is 7.46. The number of hydrazine groups is 1. The maximum absolute atomic E-state index is 12.9. The molecule has 1 aliphatic heterocycles. The van der Waals surface area contributed by atoms with Gasteiger partial charge in [-0.25, -0.2) is 5.01 Å². The van der Waals surface area contributed by atoms with E-state index in [4.69, 9.17) is 32.7 Å². The van der Waals surface area contributed by atoms with Crippen LogP contribution in [-0.4, -0.2) is 18.4 Å². The van der Waals surface area contributed by atoms with E-state index in [0.717, 1.165) is 5.56 Å². The molecule has 4 rings (SSSR count). The van der Waals surface area contributed by atoms with Gasteiger partial charge in [-0.05, 0) is 55.0 Å². The molecule has 6 nitrogen and oxygen atoms in total. The molecule has 34 heavy (non-hydrogen) atoms. The van der Waals surface area contributed by atoms with E-state index in [-0.39, 0.29) is 12.2 Å². The number of rotatable bonds is 7. The lowest BCUT2D eigenvalue weighted by Gasteiger charge is -2.15. The molecule has 0 aromatic heterocycles. The van der Waals surface area contributed by atoms with Gasteiger partial charge in [-0.1, -0.05) is 63.4 Å². The molecule has 1 aliphatic rings. The smallest absolute Gasteiger partial charge is 0.282 e. The molecule has 174 valence electrons. The quantitative estimate of drug-likeness (QED) is 0.276. The molecule has 1 N–H and O–H groups in total. The first-order chi connectivity index (χ1) is 16.4. The average molecular weight is 562 g/mol. The van der Waals surface area contributed by atoms with Gasteiger partial charge in [0, 0.05) is 20.1 Å². The van der Waals surface area contributed by atoms with Crippen LogP contribution in [0.5, 0.6) is 11.5 Å². The van der Waals surface area contributed by atoms with E-state index in [9.17, 15) is 9.59 Å². The second-order valence-electron chi connectivity index (χ2n) is 7.25. The predicted octanol–water partition coefficient (Wildman–Crippen LogP) is 6.20. The van der Waals surface area contributed by atoms with E-state index in [0.29, 0.717) is 43.9 Å². The maximum Gasteiger partial charge on any atom is 0.282 e. The summed E-state index contributed by atoms with van der Waals surface area (Å²) < 4.78 is 12.3. The fourth-order valence-corrected chi connectivity index (χ4v) is 4.21. The first-order valence-corrected chi connectivity index (χ1v) is 11.9. The van der Waals surface area contributed by atoms with E-state index < -0.39 is 11.8 Å². The van der Waals surface area contributed by atoms with Gasteiger partial charge in [0.15, 0.2) is 11.5 Å². The molecule has 1 fully saturated rings. The summed E-state index contributed by atoms with van der Waals surface area (Å²) in [6.07, 6.45) is 1.52. The van der Waals surface area contributed by atoms with Crippen LogP contribution in [0.1, 0.15) is 18.1 Å². The van der Waals surface area contributed by atoms with Crippen molar-refractivity contribution in [2.24, 2.45) is 0 Å². The summed E-state index contributed by atoms with van der Waals surface area (Å²) >= 11 is 15.7. The Bertz CT molecular complexity index is 1280. The van der Waals surface area contributed by atoms with Gasteiger partial charge in [0.1, 0.15) is 12.2 Å². The number of halogens is 3. The number of hydrogen-bond donors (Lipinski definition) is 1. The van der Waals surface area contributed by atoms with Gasteiger partial charge in [0.05, 0.1) is 12.3 Å². The van der Waals surface area contributed by atoms with Gasteiger partial charge in [0.2, 0.25) is 0 Å². The zero-order valence-electron chi connectivity index (χ0n) is 18.0. The monoisotopic (exact) mass is 560 g/mol. The average Bonchev–Trinajstić information content (AvgIpc) is 3.10. The first-order valence-electron chi connectivity index (χ1n) is 10.3. The molecule has 0 saturated carbocycles. The molecule has 0 atom stereocenters. The summed E-state index contributed by atoms with van der Waals surface area (Å²) in [5.41, 5.74) is 4.53. The molecule has 0 radical (unpaired) electrons. The number of para-hydroxylation sites is 1. The zero-order valence-corrected chi connectivity index (χ0v) is 21.1. The minimum atomic E-state index is -0.489. The lowest BCUT2D eigenvalue weighted by Crippen LogP contribution is -2.35.